The molecular formula is C13H15BrN2OS. The van der Waals surface area contributed by atoms with E-state index in [-0.39, 0.29) is 6.04 Å². The third-order valence-electron chi connectivity index (χ3n) is 2.41. The molecule has 1 aromatic carbocycles. The zero-order valence-corrected chi connectivity index (χ0v) is 12.5. The molecule has 2 aromatic rings. The quantitative estimate of drug-likeness (QED) is 0.916. The highest BCUT2D eigenvalue weighted by Crippen LogP contribution is 2.27. The molecule has 0 bridgehead atoms. The normalized spacial score (nSPS) is 12.4. The first-order valence-corrected chi connectivity index (χ1v) is 7.36. The highest BCUT2D eigenvalue weighted by Gasteiger charge is 2.05. The molecule has 3 nitrogen and oxygen atoms in total. The Kier molecular flexibility index (Phi) is 4.74. The minimum Gasteiger partial charge on any atom is -0.487 e. The van der Waals surface area contributed by atoms with Gasteiger partial charge in [-0.15, -0.1) is 11.3 Å². The average molecular weight is 327 g/mol. The number of rotatable bonds is 5. The van der Waals surface area contributed by atoms with Gasteiger partial charge in [-0.2, -0.15) is 0 Å². The van der Waals surface area contributed by atoms with Gasteiger partial charge in [-0.05, 0) is 47.0 Å². The van der Waals surface area contributed by atoms with Crippen LogP contribution in [0.5, 0.6) is 5.75 Å². The lowest BCUT2D eigenvalue weighted by Crippen LogP contribution is -2.17. The molecule has 0 saturated carbocycles. The maximum atomic E-state index is 5.78. The standard InChI is InChI=1S/C13H15BrN2OS/c1-9(15)4-10-2-3-13(12(14)5-10)17-7-11-6-16-8-18-11/h2-3,5-6,8-9H,4,7,15H2,1H3. The van der Waals surface area contributed by atoms with Gasteiger partial charge in [-0.25, -0.2) is 0 Å². The van der Waals surface area contributed by atoms with Crippen molar-refractivity contribution in [2.75, 3.05) is 0 Å². The first kappa shape index (κ1) is 13.5. The Labute approximate surface area is 119 Å². The molecule has 18 heavy (non-hydrogen) atoms. The summed E-state index contributed by atoms with van der Waals surface area (Å²) in [6, 6.07) is 6.26. The molecule has 5 heteroatoms. The van der Waals surface area contributed by atoms with Gasteiger partial charge < -0.3 is 10.5 Å². The molecular weight excluding hydrogens is 312 g/mol. The molecule has 0 amide bonds. The smallest absolute Gasteiger partial charge is 0.134 e. The van der Waals surface area contributed by atoms with Gasteiger partial charge in [0.25, 0.3) is 0 Å². The van der Waals surface area contributed by atoms with Crippen LogP contribution in [0.25, 0.3) is 0 Å². The lowest BCUT2D eigenvalue weighted by Gasteiger charge is -2.10. The van der Waals surface area contributed by atoms with E-state index in [2.05, 4.69) is 33.0 Å². The van der Waals surface area contributed by atoms with Crippen molar-refractivity contribution < 1.29 is 4.74 Å². The number of thiazole rings is 1. The van der Waals surface area contributed by atoms with Crippen molar-refractivity contribution in [2.24, 2.45) is 5.73 Å². The summed E-state index contributed by atoms with van der Waals surface area (Å²) in [6.07, 6.45) is 2.69. The largest absolute Gasteiger partial charge is 0.487 e. The van der Waals surface area contributed by atoms with E-state index in [1.807, 2.05) is 19.2 Å². The SMILES string of the molecule is CC(N)Cc1ccc(OCc2cncs2)c(Br)c1. The molecule has 0 aliphatic rings. The summed E-state index contributed by atoms with van der Waals surface area (Å²) < 4.78 is 6.70. The van der Waals surface area contributed by atoms with Crippen molar-refractivity contribution >= 4 is 27.3 Å². The molecule has 0 aliphatic heterocycles. The minimum atomic E-state index is 0.167. The Morgan fingerprint density at radius 3 is 2.94 bits per heavy atom. The monoisotopic (exact) mass is 326 g/mol. The van der Waals surface area contributed by atoms with E-state index in [0.29, 0.717) is 6.61 Å². The van der Waals surface area contributed by atoms with E-state index < -0.39 is 0 Å². The van der Waals surface area contributed by atoms with E-state index >= 15 is 0 Å². The number of nitrogens with zero attached hydrogens (tertiary/aromatic N) is 1. The van der Waals surface area contributed by atoms with Gasteiger partial charge in [0.15, 0.2) is 0 Å². The average Bonchev–Trinajstić information content (AvgIpc) is 2.80. The van der Waals surface area contributed by atoms with Gasteiger partial charge in [0.05, 0.1) is 14.9 Å². The number of hydrogen-bond acceptors (Lipinski definition) is 4. The Morgan fingerprint density at radius 1 is 1.50 bits per heavy atom. The van der Waals surface area contributed by atoms with Crippen LogP contribution in [0.3, 0.4) is 0 Å². The van der Waals surface area contributed by atoms with E-state index in [4.69, 9.17) is 10.5 Å². The molecule has 1 heterocycles. The van der Waals surface area contributed by atoms with Crippen LogP contribution >= 0.6 is 27.3 Å². The van der Waals surface area contributed by atoms with E-state index in [1.165, 1.54) is 5.56 Å². The predicted octanol–water partition coefficient (Wildman–Crippen LogP) is 3.37. The fourth-order valence-electron chi connectivity index (χ4n) is 1.62. The summed E-state index contributed by atoms with van der Waals surface area (Å²) >= 11 is 5.11. The zero-order chi connectivity index (χ0) is 13.0. The second-order valence-corrected chi connectivity index (χ2v) is 6.03. The molecule has 0 fully saturated rings. The predicted molar refractivity (Wildman–Crippen MR) is 77.9 cm³/mol. The van der Waals surface area contributed by atoms with Gasteiger partial charge in [0, 0.05) is 12.2 Å². The third-order valence-corrected chi connectivity index (χ3v) is 3.78. The Balaban J connectivity index is 2.01. The first-order chi connectivity index (χ1) is 8.65. The first-order valence-electron chi connectivity index (χ1n) is 5.69. The van der Waals surface area contributed by atoms with Crippen LogP contribution in [-0.2, 0) is 13.0 Å². The lowest BCUT2D eigenvalue weighted by atomic mass is 10.1. The van der Waals surface area contributed by atoms with Gasteiger partial charge >= 0.3 is 0 Å². The van der Waals surface area contributed by atoms with Gasteiger partial charge in [-0.1, -0.05) is 6.07 Å². The van der Waals surface area contributed by atoms with Crippen LogP contribution in [0.4, 0.5) is 0 Å². The molecule has 1 aromatic heterocycles. The maximum Gasteiger partial charge on any atom is 0.134 e. The van der Waals surface area contributed by atoms with Crippen molar-refractivity contribution in [1.82, 2.24) is 4.98 Å². The highest BCUT2D eigenvalue weighted by molar-refractivity contribution is 9.10. The maximum absolute atomic E-state index is 5.78. The van der Waals surface area contributed by atoms with E-state index in [0.717, 1.165) is 21.5 Å². The van der Waals surface area contributed by atoms with Crippen molar-refractivity contribution in [2.45, 2.75) is 26.0 Å². The van der Waals surface area contributed by atoms with Crippen LogP contribution in [0, 0.1) is 0 Å². The number of benzene rings is 1. The molecule has 0 radical (unpaired) electrons. The lowest BCUT2D eigenvalue weighted by molar-refractivity contribution is 0.307. The number of aromatic nitrogens is 1. The molecule has 2 rings (SSSR count). The Morgan fingerprint density at radius 2 is 2.33 bits per heavy atom. The molecule has 1 atom stereocenters. The van der Waals surface area contributed by atoms with Crippen LogP contribution in [-0.4, -0.2) is 11.0 Å². The summed E-state index contributed by atoms with van der Waals surface area (Å²) in [4.78, 5) is 5.13. The summed E-state index contributed by atoms with van der Waals surface area (Å²) in [7, 11) is 0. The van der Waals surface area contributed by atoms with Gasteiger partial charge in [0.1, 0.15) is 12.4 Å². The number of ether oxygens (including phenoxy) is 1. The molecule has 96 valence electrons. The van der Waals surface area contributed by atoms with E-state index in [1.54, 1.807) is 16.8 Å². The second-order valence-electron chi connectivity index (χ2n) is 4.20. The number of nitrogens with two attached hydrogens (primary N) is 1. The number of hydrogen-bond donors (Lipinski definition) is 1. The van der Waals surface area contributed by atoms with Crippen LogP contribution in [0.1, 0.15) is 17.4 Å². The molecule has 1 unspecified atom stereocenters. The zero-order valence-electron chi connectivity index (χ0n) is 10.1. The van der Waals surface area contributed by atoms with Gasteiger partial charge in [0.2, 0.25) is 0 Å². The van der Waals surface area contributed by atoms with Crippen molar-refractivity contribution in [1.29, 1.82) is 0 Å². The number of halogens is 1. The van der Waals surface area contributed by atoms with Gasteiger partial charge in [-0.3, -0.25) is 4.98 Å². The molecule has 0 aliphatic carbocycles. The van der Waals surface area contributed by atoms with Crippen LogP contribution < -0.4 is 10.5 Å². The third kappa shape index (κ3) is 3.80. The minimum absolute atomic E-state index is 0.167. The van der Waals surface area contributed by atoms with E-state index in [9.17, 15) is 0 Å². The van der Waals surface area contributed by atoms with Crippen LogP contribution in [0.2, 0.25) is 0 Å². The van der Waals surface area contributed by atoms with Crippen molar-refractivity contribution in [3.05, 3.63) is 44.8 Å². The molecule has 0 spiro atoms. The Hall–Kier alpha value is -0.910. The topological polar surface area (TPSA) is 48.1 Å². The summed E-state index contributed by atoms with van der Waals surface area (Å²) in [5, 5.41) is 0. The van der Waals surface area contributed by atoms with Crippen molar-refractivity contribution in [3.63, 3.8) is 0 Å². The summed E-state index contributed by atoms with van der Waals surface area (Å²) in [6.45, 7) is 2.55. The second kappa shape index (κ2) is 6.31. The fourth-order valence-corrected chi connectivity index (χ4v) is 2.67. The summed E-state index contributed by atoms with van der Waals surface area (Å²) in [5.74, 6) is 0.844. The van der Waals surface area contributed by atoms with Crippen LogP contribution in [0.15, 0.2) is 34.4 Å². The van der Waals surface area contributed by atoms with Crippen molar-refractivity contribution in [3.8, 4) is 5.75 Å². The Bertz CT molecular complexity index is 500. The fraction of sp³-hybridized carbons (Fsp3) is 0.308. The molecule has 2 N–H and O–H groups in total. The molecule has 0 saturated heterocycles. The highest BCUT2D eigenvalue weighted by atomic mass is 79.9. The summed E-state index contributed by atoms with van der Waals surface area (Å²) in [5.41, 5.74) is 8.80.